The molecular weight excluding hydrogens is 270 g/mol. The number of hydrogen-bond donors (Lipinski definition) is 1. The van der Waals surface area contributed by atoms with Crippen LogP contribution < -0.4 is 5.73 Å². The predicted molar refractivity (Wildman–Crippen MR) is 82.5 cm³/mol. The molecule has 0 heterocycles. The summed E-state index contributed by atoms with van der Waals surface area (Å²) < 4.78 is 24.8. The first-order valence-corrected chi connectivity index (χ1v) is 9.13. The van der Waals surface area contributed by atoms with Crippen molar-refractivity contribution in [1.29, 1.82) is 0 Å². The van der Waals surface area contributed by atoms with Gasteiger partial charge in [-0.25, -0.2) is 8.42 Å². The lowest BCUT2D eigenvalue weighted by Crippen LogP contribution is -2.35. The predicted octanol–water partition coefficient (Wildman–Crippen LogP) is 3.10. The summed E-state index contributed by atoms with van der Waals surface area (Å²) in [6.45, 7) is 4.19. The summed E-state index contributed by atoms with van der Waals surface area (Å²) in [5, 5.41) is 0. The minimum absolute atomic E-state index is 0.0681. The van der Waals surface area contributed by atoms with Crippen LogP contribution in [0.3, 0.4) is 0 Å². The van der Waals surface area contributed by atoms with Gasteiger partial charge in [0.25, 0.3) is 0 Å². The largest absolute Gasteiger partial charge is 0.327 e. The summed E-state index contributed by atoms with van der Waals surface area (Å²) >= 11 is 0. The second-order valence-corrected chi connectivity index (χ2v) is 8.25. The molecular formula is C16H25NO2S. The first-order chi connectivity index (χ1) is 9.40. The highest BCUT2D eigenvalue weighted by Gasteiger charge is 2.27. The Morgan fingerprint density at radius 3 is 2.20 bits per heavy atom. The topological polar surface area (TPSA) is 60.2 Å². The van der Waals surface area contributed by atoms with Crippen molar-refractivity contribution in [2.24, 2.45) is 11.7 Å². The van der Waals surface area contributed by atoms with E-state index in [1.54, 1.807) is 12.1 Å². The molecule has 0 aromatic heterocycles. The second kappa shape index (κ2) is 6.27. The van der Waals surface area contributed by atoms with Gasteiger partial charge in [0, 0.05) is 6.04 Å². The summed E-state index contributed by atoms with van der Waals surface area (Å²) in [4.78, 5) is 0.398. The van der Waals surface area contributed by atoms with E-state index in [1.165, 1.54) is 12.8 Å². The van der Waals surface area contributed by atoms with Crippen LogP contribution in [0, 0.1) is 5.92 Å². The highest BCUT2D eigenvalue weighted by Crippen LogP contribution is 2.28. The highest BCUT2D eigenvalue weighted by molar-refractivity contribution is 7.91. The minimum Gasteiger partial charge on any atom is -0.327 e. The van der Waals surface area contributed by atoms with E-state index in [9.17, 15) is 8.42 Å². The Morgan fingerprint density at radius 2 is 1.70 bits per heavy atom. The molecule has 1 aliphatic carbocycles. The van der Waals surface area contributed by atoms with Gasteiger partial charge in [0.05, 0.1) is 10.6 Å². The van der Waals surface area contributed by atoms with Gasteiger partial charge in [-0.1, -0.05) is 38.8 Å². The maximum absolute atomic E-state index is 12.4. The maximum atomic E-state index is 12.4. The van der Waals surface area contributed by atoms with Crippen LogP contribution in [0.2, 0.25) is 0 Å². The number of nitrogens with two attached hydrogens (primary N) is 1. The van der Waals surface area contributed by atoms with Gasteiger partial charge in [0.15, 0.2) is 9.84 Å². The Kier molecular flexibility index (Phi) is 4.86. The number of rotatable bonds is 5. The third-order valence-electron chi connectivity index (χ3n) is 4.32. The van der Waals surface area contributed by atoms with Crippen LogP contribution in [0.25, 0.3) is 0 Å². The molecule has 0 spiro atoms. The average Bonchev–Trinajstić information content (AvgIpc) is 2.92. The monoisotopic (exact) mass is 295 g/mol. The van der Waals surface area contributed by atoms with E-state index >= 15 is 0 Å². The van der Waals surface area contributed by atoms with E-state index in [1.807, 2.05) is 12.1 Å². The molecule has 1 atom stereocenters. The van der Waals surface area contributed by atoms with Crippen LogP contribution in [-0.2, 0) is 9.84 Å². The van der Waals surface area contributed by atoms with E-state index in [0.29, 0.717) is 16.7 Å². The molecule has 0 saturated heterocycles. The molecule has 1 saturated carbocycles. The van der Waals surface area contributed by atoms with Crippen molar-refractivity contribution in [2.45, 2.75) is 56.4 Å². The van der Waals surface area contributed by atoms with Crippen molar-refractivity contribution in [2.75, 3.05) is 5.75 Å². The van der Waals surface area contributed by atoms with Gasteiger partial charge < -0.3 is 5.73 Å². The fraction of sp³-hybridized carbons (Fsp3) is 0.625. The van der Waals surface area contributed by atoms with Gasteiger partial charge in [-0.2, -0.15) is 0 Å². The van der Waals surface area contributed by atoms with Crippen LogP contribution >= 0.6 is 0 Å². The molecule has 4 heteroatoms. The first kappa shape index (κ1) is 15.5. The lowest BCUT2D eigenvalue weighted by Gasteiger charge is -2.18. The smallest absolute Gasteiger partial charge is 0.179 e. The van der Waals surface area contributed by atoms with Crippen molar-refractivity contribution in [1.82, 2.24) is 0 Å². The molecule has 0 aliphatic heterocycles. The SMILES string of the molecule is CC(C)c1ccc(S(=O)(=O)CC(N)C2CCCC2)cc1. The van der Waals surface area contributed by atoms with Crippen molar-refractivity contribution < 1.29 is 8.42 Å². The van der Waals surface area contributed by atoms with Gasteiger partial charge in [-0.3, -0.25) is 0 Å². The minimum atomic E-state index is -3.26. The molecule has 1 unspecified atom stereocenters. The summed E-state index contributed by atoms with van der Waals surface area (Å²) in [6.07, 6.45) is 4.51. The zero-order chi connectivity index (χ0) is 14.8. The number of hydrogen-bond acceptors (Lipinski definition) is 3. The van der Waals surface area contributed by atoms with Crippen molar-refractivity contribution >= 4 is 9.84 Å². The van der Waals surface area contributed by atoms with Gasteiger partial charge >= 0.3 is 0 Å². The van der Waals surface area contributed by atoms with Crippen LogP contribution in [-0.4, -0.2) is 20.2 Å². The van der Waals surface area contributed by atoms with E-state index < -0.39 is 9.84 Å². The van der Waals surface area contributed by atoms with Crippen molar-refractivity contribution in [3.8, 4) is 0 Å². The quantitative estimate of drug-likeness (QED) is 0.908. The Labute approximate surface area is 122 Å². The lowest BCUT2D eigenvalue weighted by molar-refractivity contribution is 0.455. The molecule has 2 rings (SSSR count). The zero-order valence-electron chi connectivity index (χ0n) is 12.4. The van der Waals surface area contributed by atoms with Gasteiger partial charge in [0.1, 0.15) is 0 Å². The van der Waals surface area contributed by atoms with Crippen LogP contribution in [0.15, 0.2) is 29.2 Å². The Hall–Kier alpha value is -0.870. The Balaban J connectivity index is 2.09. The van der Waals surface area contributed by atoms with Gasteiger partial charge in [-0.15, -0.1) is 0 Å². The van der Waals surface area contributed by atoms with E-state index in [2.05, 4.69) is 13.8 Å². The molecule has 1 aromatic rings. The third kappa shape index (κ3) is 3.61. The summed E-state index contributed by atoms with van der Waals surface area (Å²) in [5.41, 5.74) is 7.26. The molecule has 3 nitrogen and oxygen atoms in total. The second-order valence-electron chi connectivity index (χ2n) is 6.21. The summed E-state index contributed by atoms with van der Waals surface area (Å²) in [6, 6.07) is 7.00. The number of benzene rings is 1. The van der Waals surface area contributed by atoms with Crippen molar-refractivity contribution in [3.63, 3.8) is 0 Å². The highest BCUT2D eigenvalue weighted by atomic mass is 32.2. The zero-order valence-corrected chi connectivity index (χ0v) is 13.2. The number of sulfone groups is 1. The molecule has 0 bridgehead atoms. The fourth-order valence-electron chi connectivity index (χ4n) is 2.93. The summed E-state index contributed by atoms with van der Waals surface area (Å²) in [5.74, 6) is 0.853. The lowest BCUT2D eigenvalue weighted by atomic mass is 10.0. The first-order valence-electron chi connectivity index (χ1n) is 7.48. The van der Waals surface area contributed by atoms with E-state index in [-0.39, 0.29) is 11.8 Å². The molecule has 112 valence electrons. The van der Waals surface area contributed by atoms with Crippen LogP contribution in [0.1, 0.15) is 51.0 Å². The van der Waals surface area contributed by atoms with Crippen LogP contribution in [0.4, 0.5) is 0 Å². The third-order valence-corrected chi connectivity index (χ3v) is 6.14. The molecule has 0 amide bonds. The Bertz CT molecular complexity index is 528. The molecule has 1 aliphatic rings. The maximum Gasteiger partial charge on any atom is 0.179 e. The average molecular weight is 295 g/mol. The standard InChI is InChI=1S/C16H25NO2S/c1-12(2)13-7-9-15(10-8-13)20(18,19)11-16(17)14-5-3-4-6-14/h7-10,12,14,16H,3-6,11,17H2,1-2H3. The Morgan fingerprint density at radius 1 is 1.15 bits per heavy atom. The normalized spacial score (nSPS) is 18.6. The van der Waals surface area contributed by atoms with Gasteiger partial charge in [-0.05, 0) is 42.4 Å². The van der Waals surface area contributed by atoms with Crippen LogP contribution in [0.5, 0.6) is 0 Å². The molecule has 0 radical (unpaired) electrons. The van der Waals surface area contributed by atoms with E-state index in [4.69, 9.17) is 5.73 Å². The van der Waals surface area contributed by atoms with E-state index in [0.717, 1.165) is 18.4 Å². The van der Waals surface area contributed by atoms with Crippen molar-refractivity contribution in [3.05, 3.63) is 29.8 Å². The molecule has 1 fully saturated rings. The molecule has 20 heavy (non-hydrogen) atoms. The molecule has 2 N–H and O–H groups in total. The molecule has 1 aromatic carbocycles. The van der Waals surface area contributed by atoms with Gasteiger partial charge in [0.2, 0.25) is 0 Å². The fourth-order valence-corrected chi connectivity index (χ4v) is 4.45. The summed E-state index contributed by atoms with van der Waals surface area (Å²) in [7, 11) is -3.26.